The lowest BCUT2D eigenvalue weighted by Gasteiger charge is -2.21. The largest absolute Gasteiger partial charge is 0.373 e. The van der Waals surface area contributed by atoms with E-state index in [1.54, 1.807) is 13.2 Å². The number of nitrogens with one attached hydrogen (secondary N) is 1. The summed E-state index contributed by atoms with van der Waals surface area (Å²) >= 11 is 0. The van der Waals surface area contributed by atoms with E-state index in [4.69, 9.17) is 5.73 Å². The number of rotatable bonds is 5. The molecule has 0 unspecified atom stereocenters. The van der Waals surface area contributed by atoms with Crippen molar-refractivity contribution in [2.75, 3.05) is 30.4 Å². The number of likely N-dealkylation sites (N-methyl/N-ethyl adjacent to an activating group) is 1. The van der Waals surface area contributed by atoms with Crippen LogP contribution < -0.4 is 16.0 Å². The molecule has 1 amide bonds. The number of anilines is 2. The van der Waals surface area contributed by atoms with Gasteiger partial charge in [-0.1, -0.05) is 0 Å². The van der Waals surface area contributed by atoms with Crippen molar-refractivity contribution in [3.8, 4) is 0 Å². The Morgan fingerprint density at radius 3 is 2.93 bits per heavy atom. The zero-order chi connectivity index (χ0) is 11.3. The van der Waals surface area contributed by atoms with E-state index in [9.17, 15) is 4.79 Å². The molecule has 1 aromatic rings. The maximum Gasteiger partial charge on any atom is 0.236 e. The summed E-state index contributed by atoms with van der Waals surface area (Å²) in [6, 6.07) is 3.74. The second-order valence-corrected chi connectivity index (χ2v) is 3.13. The van der Waals surface area contributed by atoms with E-state index in [-0.39, 0.29) is 12.5 Å². The molecule has 5 nitrogen and oxygen atoms in total. The molecule has 3 N–H and O–H groups in total. The van der Waals surface area contributed by atoms with Crippen LogP contribution in [0.25, 0.3) is 0 Å². The van der Waals surface area contributed by atoms with Crippen molar-refractivity contribution >= 4 is 17.4 Å². The van der Waals surface area contributed by atoms with Crippen LogP contribution in [0.15, 0.2) is 18.3 Å². The Bertz CT molecular complexity index is 340. The molecule has 0 saturated carbocycles. The molecule has 15 heavy (non-hydrogen) atoms. The minimum atomic E-state index is -0.334. The van der Waals surface area contributed by atoms with E-state index >= 15 is 0 Å². The van der Waals surface area contributed by atoms with Crippen LogP contribution in [0.1, 0.15) is 6.92 Å². The summed E-state index contributed by atoms with van der Waals surface area (Å²) in [5.41, 5.74) is 6.11. The molecule has 0 aliphatic heterocycles. The summed E-state index contributed by atoms with van der Waals surface area (Å²) in [4.78, 5) is 16.8. The van der Waals surface area contributed by atoms with Crippen LogP contribution in [-0.4, -0.2) is 31.0 Å². The van der Waals surface area contributed by atoms with E-state index in [2.05, 4.69) is 10.3 Å². The first-order valence-electron chi connectivity index (χ1n) is 4.84. The highest BCUT2D eigenvalue weighted by Gasteiger charge is 2.07. The predicted molar refractivity (Wildman–Crippen MR) is 60.9 cm³/mol. The molecule has 5 heteroatoms. The van der Waals surface area contributed by atoms with Gasteiger partial charge in [-0.2, -0.15) is 0 Å². The minimum Gasteiger partial charge on any atom is -0.373 e. The third kappa shape index (κ3) is 3.12. The first-order chi connectivity index (χ1) is 7.17. The van der Waals surface area contributed by atoms with Gasteiger partial charge in [0.25, 0.3) is 0 Å². The van der Waals surface area contributed by atoms with Crippen molar-refractivity contribution in [3.63, 3.8) is 0 Å². The Kier molecular flexibility index (Phi) is 3.91. The van der Waals surface area contributed by atoms with Gasteiger partial charge in [-0.15, -0.1) is 0 Å². The van der Waals surface area contributed by atoms with Crippen molar-refractivity contribution < 1.29 is 4.79 Å². The van der Waals surface area contributed by atoms with Crippen molar-refractivity contribution in [3.05, 3.63) is 18.3 Å². The fourth-order valence-electron chi connectivity index (χ4n) is 1.33. The van der Waals surface area contributed by atoms with E-state index in [1.807, 2.05) is 24.0 Å². The molecule has 0 bridgehead atoms. The molecule has 0 aliphatic rings. The first kappa shape index (κ1) is 11.3. The Hall–Kier alpha value is -1.78. The molecule has 1 rings (SSSR count). The van der Waals surface area contributed by atoms with Gasteiger partial charge in [0.15, 0.2) is 0 Å². The number of primary amides is 1. The number of nitrogens with zero attached hydrogens (tertiary/aromatic N) is 2. The zero-order valence-electron chi connectivity index (χ0n) is 9.03. The summed E-state index contributed by atoms with van der Waals surface area (Å²) < 4.78 is 0. The standard InChI is InChI=1S/C10H16N4O/c1-3-14(7-9(11)15)8-4-5-13-10(6-8)12-2/h4-6H,3,7H2,1-2H3,(H2,11,15)(H,12,13). The molecule has 0 aliphatic carbocycles. The average molecular weight is 208 g/mol. The lowest BCUT2D eigenvalue weighted by molar-refractivity contribution is -0.116. The molecule has 0 saturated heterocycles. The van der Waals surface area contributed by atoms with E-state index in [1.165, 1.54) is 0 Å². The van der Waals surface area contributed by atoms with Gasteiger partial charge in [0, 0.05) is 31.5 Å². The molecule has 0 atom stereocenters. The molecule has 0 aromatic carbocycles. The Balaban J connectivity index is 2.85. The highest BCUT2D eigenvalue weighted by atomic mass is 16.1. The Morgan fingerprint density at radius 2 is 2.40 bits per heavy atom. The van der Waals surface area contributed by atoms with Gasteiger partial charge < -0.3 is 16.0 Å². The molecule has 1 aromatic heterocycles. The van der Waals surface area contributed by atoms with E-state index < -0.39 is 0 Å². The fraction of sp³-hybridized carbons (Fsp3) is 0.400. The smallest absolute Gasteiger partial charge is 0.236 e. The third-order valence-electron chi connectivity index (χ3n) is 2.09. The molecule has 0 radical (unpaired) electrons. The molecular formula is C10H16N4O. The summed E-state index contributed by atoms with van der Waals surface area (Å²) in [5.74, 6) is 0.440. The van der Waals surface area contributed by atoms with Gasteiger partial charge >= 0.3 is 0 Å². The molecular weight excluding hydrogens is 192 g/mol. The Labute approximate surface area is 89.3 Å². The van der Waals surface area contributed by atoms with Gasteiger partial charge in [0.2, 0.25) is 5.91 Å². The van der Waals surface area contributed by atoms with Crippen LogP contribution in [0.2, 0.25) is 0 Å². The van der Waals surface area contributed by atoms with Crippen molar-refractivity contribution in [1.82, 2.24) is 4.98 Å². The average Bonchev–Trinajstić information content (AvgIpc) is 2.25. The Morgan fingerprint density at radius 1 is 1.67 bits per heavy atom. The number of carbonyl (C=O) groups is 1. The lowest BCUT2D eigenvalue weighted by atomic mass is 10.3. The monoisotopic (exact) mass is 208 g/mol. The second-order valence-electron chi connectivity index (χ2n) is 3.13. The van der Waals surface area contributed by atoms with Gasteiger partial charge in [-0.3, -0.25) is 4.79 Å². The van der Waals surface area contributed by atoms with Crippen LogP contribution in [0, 0.1) is 0 Å². The van der Waals surface area contributed by atoms with Crippen LogP contribution in [0.3, 0.4) is 0 Å². The van der Waals surface area contributed by atoms with Crippen LogP contribution in [-0.2, 0) is 4.79 Å². The quantitative estimate of drug-likeness (QED) is 0.736. The second kappa shape index (κ2) is 5.19. The predicted octanol–water partition coefficient (Wildman–Crippen LogP) is 0.435. The van der Waals surface area contributed by atoms with E-state index in [0.717, 1.165) is 18.1 Å². The van der Waals surface area contributed by atoms with Crippen molar-refractivity contribution in [2.24, 2.45) is 5.73 Å². The number of pyridine rings is 1. The van der Waals surface area contributed by atoms with Crippen molar-refractivity contribution in [2.45, 2.75) is 6.92 Å². The number of carbonyl (C=O) groups excluding carboxylic acids is 1. The van der Waals surface area contributed by atoms with Gasteiger partial charge in [0.05, 0.1) is 6.54 Å². The number of aromatic nitrogens is 1. The van der Waals surface area contributed by atoms with Gasteiger partial charge in [0.1, 0.15) is 5.82 Å². The number of hydrogen-bond acceptors (Lipinski definition) is 4. The summed E-state index contributed by atoms with van der Waals surface area (Å²) in [6.07, 6.45) is 1.70. The maximum atomic E-state index is 10.8. The molecule has 0 spiro atoms. The highest BCUT2D eigenvalue weighted by molar-refractivity contribution is 5.79. The van der Waals surface area contributed by atoms with Crippen molar-refractivity contribution in [1.29, 1.82) is 0 Å². The SMILES string of the molecule is CCN(CC(N)=O)c1ccnc(NC)c1. The topological polar surface area (TPSA) is 71.2 Å². The summed E-state index contributed by atoms with van der Waals surface area (Å²) in [5, 5.41) is 2.95. The van der Waals surface area contributed by atoms with Crippen LogP contribution in [0.5, 0.6) is 0 Å². The lowest BCUT2D eigenvalue weighted by Crippen LogP contribution is -2.33. The first-order valence-corrected chi connectivity index (χ1v) is 4.84. The maximum absolute atomic E-state index is 10.8. The van der Waals surface area contributed by atoms with Crippen LogP contribution >= 0.6 is 0 Å². The van der Waals surface area contributed by atoms with Crippen LogP contribution in [0.4, 0.5) is 11.5 Å². The van der Waals surface area contributed by atoms with Gasteiger partial charge in [-0.25, -0.2) is 4.98 Å². The number of nitrogens with two attached hydrogens (primary N) is 1. The van der Waals surface area contributed by atoms with Gasteiger partial charge in [-0.05, 0) is 13.0 Å². The highest BCUT2D eigenvalue weighted by Crippen LogP contribution is 2.16. The summed E-state index contributed by atoms with van der Waals surface area (Å²) in [7, 11) is 1.80. The molecule has 82 valence electrons. The minimum absolute atomic E-state index is 0.226. The third-order valence-corrected chi connectivity index (χ3v) is 2.09. The molecule has 1 heterocycles. The number of hydrogen-bond donors (Lipinski definition) is 2. The fourth-order valence-corrected chi connectivity index (χ4v) is 1.33. The number of amides is 1. The normalized spacial score (nSPS) is 9.73. The molecule has 0 fully saturated rings. The van der Waals surface area contributed by atoms with E-state index in [0.29, 0.717) is 0 Å². The zero-order valence-corrected chi connectivity index (χ0v) is 9.03. The summed E-state index contributed by atoms with van der Waals surface area (Å²) in [6.45, 7) is 2.93.